The van der Waals surface area contributed by atoms with E-state index in [1.807, 2.05) is 0 Å². The first-order valence-electron chi connectivity index (χ1n) is 4.47. The molecule has 0 saturated heterocycles. The monoisotopic (exact) mass is 206 g/mol. The fourth-order valence-electron chi connectivity index (χ4n) is 1.65. The van der Waals surface area contributed by atoms with Gasteiger partial charge in [-0.2, -0.15) is 0 Å². The van der Waals surface area contributed by atoms with Crippen LogP contribution in [0.3, 0.4) is 0 Å². The molecule has 2 rings (SSSR count). The zero-order valence-corrected chi connectivity index (χ0v) is 8.17. The molecule has 1 aromatic heterocycles. The Morgan fingerprint density at radius 2 is 2.13 bits per heavy atom. The molecule has 0 aliphatic heterocycles. The molecule has 5 heteroatoms. The Bertz CT molecular complexity index is 580. The maximum absolute atomic E-state index is 11.7. The van der Waals surface area contributed by atoms with Crippen LogP contribution in [0, 0.1) is 0 Å². The summed E-state index contributed by atoms with van der Waals surface area (Å²) in [5.41, 5.74) is 0.997. The lowest BCUT2D eigenvalue weighted by Gasteiger charge is -1.96. The smallest absolute Gasteiger partial charge is 0.329 e. The van der Waals surface area contributed by atoms with Crippen molar-refractivity contribution >= 4 is 17.3 Å². The number of rotatable bonds is 2. The number of imidazole rings is 1. The molecule has 0 aliphatic rings. The molecular weight excluding hydrogens is 196 g/mol. The Balaban J connectivity index is 2.87. The zero-order valence-electron chi connectivity index (χ0n) is 8.17. The van der Waals surface area contributed by atoms with Gasteiger partial charge in [0.15, 0.2) is 0 Å². The normalized spacial score (nSPS) is 10.7. The van der Waals surface area contributed by atoms with Crippen molar-refractivity contribution in [3.63, 3.8) is 0 Å². The highest BCUT2D eigenvalue weighted by Crippen LogP contribution is 2.18. The minimum atomic E-state index is -0.261. The second-order valence-corrected chi connectivity index (χ2v) is 3.29. The predicted molar refractivity (Wildman–Crippen MR) is 54.9 cm³/mol. The largest absolute Gasteiger partial charge is 0.508 e. The summed E-state index contributed by atoms with van der Waals surface area (Å²) in [5.74, 6) is 0.0985. The molecule has 0 amide bonds. The molecule has 0 aliphatic carbocycles. The van der Waals surface area contributed by atoms with Gasteiger partial charge in [0, 0.05) is 13.1 Å². The Labute approximate surface area is 85.2 Å². The van der Waals surface area contributed by atoms with Gasteiger partial charge in [0.1, 0.15) is 12.0 Å². The van der Waals surface area contributed by atoms with Crippen LogP contribution in [0.2, 0.25) is 0 Å². The number of phenolic OH excluding ortho intramolecular Hbond substituents is 1. The first-order valence-corrected chi connectivity index (χ1v) is 4.47. The number of aryl methyl sites for hydroxylation is 1. The molecule has 5 nitrogen and oxygen atoms in total. The van der Waals surface area contributed by atoms with Crippen LogP contribution in [0.25, 0.3) is 11.0 Å². The summed E-state index contributed by atoms with van der Waals surface area (Å²) in [7, 11) is 1.60. The summed E-state index contributed by atoms with van der Waals surface area (Å²) < 4.78 is 2.76. The first kappa shape index (κ1) is 9.51. The molecule has 0 bridgehead atoms. The van der Waals surface area contributed by atoms with Crippen LogP contribution in [0.4, 0.5) is 0 Å². The van der Waals surface area contributed by atoms with E-state index in [1.54, 1.807) is 13.1 Å². The quantitative estimate of drug-likeness (QED) is 0.716. The number of aromatic hydroxyl groups is 1. The summed E-state index contributed by atoms with van der Waals surface area (Å²) in [6.45, 7) is 0.0287. The van der Waals surface area contributed by atoms with Crippen LogP contribution in [-0.2, 0) is 18.4 Å². The molecule has 78 valence electrons. The minimum Gasteiger partial charge on any atom is -0.508 e. The van der Waals surface area contributed by atoms with E-state index in [0.717, 1.165) is 0 Å². The van der Waals surface area contributed by atoms with E-state index in [0.29, 0.717) is 17.3 Å². The van der Waals surface area contributed by atoms with Crippen LogP contribution in [0.1, 0.15) is 0 Å². The number of hydrogen-bond donors (Lipinski definition) is 1. The van der Waals surface area contributed by atoms with E-state index in [1.165, 1.54) is 21.3 Å². The molecule has 1 aromatic carbocycles. The van der Waals surface area contributed by atoms with E-state index in [4.69, 9.17) is 0 Å². The van der Waals surface area contributed by atoms with Crippen molar-refractivity contribution in [3.8, 4) is 5.75 Å². The standard InChI is InChI=1S/C10H10N2O3/c1-11-9-6-7(14)2-3-8(9)12(4-5-13)10(11)15/h2-3,5-6,14H,4H2,1H3. The topological polar surface area (TPSA) is 64.2 Å². The first-order chi connectivity index (χ1) is 7.15. The number of aromatic nitrogens is 2. The van der Waals surface area contributed by atoms with E-state index < -0.39 is 0 Å². The lowest BCUT2D eigenvalue weighted by Crippen LogP contribution is -2.22. The van der Waals surface area contributed by atoms with Crippen LogP contribution in [0.5, 0.6) is 5.75 Å². The van der Waals surface area contributed by atoms with Gasteiger partial charge in [0.2, 0.25) is 0 Å². The van der Waals surface area contributed by atoms with Crippen LogP contribution >= 0.6 is 0 Å². The zero-order chi connectivity index (χ0) is 11.0. The van der Waals surface area contributed by atoms with E-state index in [2.05, 4.69) is 0 Å². The van der Waals surface area contributed by atoms with Crippen LogP contribution in [-0.4, -0.2) is 20.5 Å². The van der Waals surface area contributed by atoms with Crippen molar-refractivity contribution in [2.45, 2.75) is 6.54 Å². The molecule has 0 spiro atoms. The number of benzene rings is 1. The second-order valence-electron chi connectivity index (χ2n) is 3.29. The molecule has 2 aromatic rings. The van der Waals surface area contributed by atoms with Crippen LogP contribution < -0.4 is 5.69 Å². The summed E-state index contributed by atoms with van der Waals surface area (Å²) in [6.07, 6.45) is 0.674. The molecule has 1 heterocycles. The van der Waals surface area contributed by atoms with Gasteiger partial charge in [-0.1, -0.05) is 0 Å². The third-order valence-electron chi connectivity index (χ3n) is 2.39. The molecular formula is C10H10N2O3. The maximum Gasteiger partial charge on any atom is 0.329 e. The van der Waals surface area contributed by atoms with Gasteiger partial charge < -0.3 is 9.90 Å². The highest BCUT2D eigenvalue weighted by Gasteiger charge is 2.09. The van der Waals surface area contributed by atoms with E-state index >= 15 is 0 Å². The van der Waals surface area contributed by atoms with Crippen molar-refractivity contribution in [1.82, 2.24) is 9.13 Å². The lowest BCUT2D eigenvalue weighted by atomic mass is 10.3. The van der Waals surface area contributed by atoms with Crippen LogP contribution in [0.15, 0.2) is 23.0 Å². The van der Waals surface area contributed by atoms with E-state index in [-0.39, 0.29) is 18.0 Å². The lowest BCUT2D eigenvalue weighted by molar-refractivity contribution is -0.108. The molecule has 0 atom stereocenters. The molecule has 1 N–H and O–H groups in total. The number of aldehydes is 1. The second kappa shape index (κ2) is 3.27. The Kier molecular flexibility index (Phi) is 2.07. The van der Waals surface area contributed by atoms with Gasteiger partial charge >= 0.3 is 5.69 Å². The Morgan fingerprint density at radius 1 is 1.40 bits per heavy atom. The average molecular weight is 206 g/mol. The van der Waals surface area contributed by atoms with Gasteiger partial charge in [-0.05, 0) is 12.1 Å². The van der Waals surface area contributed by atoms with Gasteiger partial charge in [-0.25, -0.2) is 4.79 Å². The van der Waals surface area contributed by atoms with Crippen molar-refractivity contribution in [2.24, 2.45) is 7.05 Å². The number of carbonyl (C=O) groups excluding carboxylic acids is 1. The van der Waals surface area contributed by atoms with Gasteiger partial charge in [-0.3, -0.25) is 9.13 Å². The summed E-state index contributed by atoms with van der Waals surface area (Å²) in [4.78, 5) is 22.1. The number of nitrogens with zero attached hydrogens (tertiary/aromatic N) is 2. The fourth-order valence-corrected chi connectivity index (χ4v) is 1.65. The highest BCUT2D eigenvalue weighted by atomic mass is 16.3. The number of phenols is 1. The van der Waals surface area contributed by atoms with E-state index in [9.17, 15) is 14.7 Å². The summed E-state index contributed by atoms with van der Waals surface area (Å²) >= 11 is 0. The highest BCUT2D eigenvalue weighted by molar-refractivity contribution is 5.78. The fraction of sp³-hybridized carbons (Fsp3) is 0.200. The third-order valence-corrected chi connectivity index (χ3v) is 2.39. The van der Waals surface area contributed by atoms with Crippen molar-refractivity contribution in [2.75, 3.05) is 0 Å². The minimum absolute atomic E-state index is 0.0287. The Hall–Kier alpha value is -2.04. The molecule has 0 fully saturated rings. The van der Waals surface area contributed by atoms with Gasteiger partial charge in [0.25, 0.3) is 0 Å². The number of carbonyl (C=O) groups is 1. The summed E-state index contributed by atoms with van der Waals surface area (Å²) in [5, 5.41) is 9.29. The number of fused-ring (bicyclic) bond motifs is 1. The van der Waals surface area contributed by atoms with Gasteiger partial charge in [0.05, 0.1) is 17.6 Å². The average Bonchev–Trinajstić information content (AvgIpc) is 2.44. The molecule has 0 unspecified atom stereocenters. The van der Waals surface area contributed by atoms with Crippen molar-refractivity contribution in [3.05, 3.63) is 28.7 Å². The van der Waals surface area contributed by atoms with Crippen molar-refractivity contribution in [1.29, 1.82) is 0 Å². The molecule has 0 radical (unpaired) electrons. The molecule has 0 saturated carbocycles. The number of hydrogen-bond acceptors (Lipinski definition) is 3. The van der Waals surface area contributed by atoms with Crippen molar-refractivity contribution < 1.29 is 9.90 Å². The predicted octanol–water partition coefficient (Wildman–Crippen LogP) is 0.244. The Morgan fingerprint density at radius 3 is 2.80 bits per heavy atom. The van der Waals surface area contributed by atoms with Gasteiger partial charge in [-0.15, -0.1) is 0 Å². The maximum atomic E-state index is 11.7. The SMILES string of the molecule is Cn1c(=O)n(CC=O)c2ccc(O)cc21. The summed E-state index contributed by atoms with van der Waals surface area (Å²) in [6, 6.07) is 4.61. The third kappa shape index (κ3) is 1.32. The molecule has 15 heavy (non-hydrogen) atoms.